The van der Waals surface area contributed by atoms with Crippen molar-refractivity contribution >= 4 is 11.9 Å². The third-order valence-corrected chi connectivity index (χ3v) is 3.87. The molecule has 96 valence electrons. The molecule has 2 aliphatic rings. The summed E-state index contributed by atoms with van der Waals surface area (Å²) in [6.07, 6.45) is 7.61. The molecule has 1 aliphatic carbocycles. The summed E-state index contributed by atoms with van der Waals surface area (Å²) in [6.45, 7) is 3.85. The predicted molar refractivity (Wildman–Crippen MR) is 71.8 cm³/mol. The van der Waals surface area contributed by atoms with Crippen LogP contribution in [0.2, 0.25) is 0 Å². The lowest BCUT2D eigenvalue weighted by atomic mass is 9.71. The van der Waals surface area contributed by atoms with E-state index in [2.05, 4.69) is 18.0 Å². The third kappa shape index (κ3) is 1.91. The number of hydrogen-bond donors (Lipinski definition) is 2. The maximum atomic E-state index is 6.52. The van der Waals surface area contributed by atoms with Crippen molar-refractivity contribution in [1.82, 2.24) is 4.98 Å². The highest BCUT2D eigenvalue weighted by Crippen LogP contribution is 2.39. The fourth-order valence-corrected chi connectivity index (χ4v) is 3.01. The number of fused-ring (bicyclic) bond motifs is 1. The van der Waals surface area contributed by atoms with Crippen molar-refractivity contribution in [1.29, 1.82) is 0 Å². The van der Waals surface area contributed by atoms with Gasteiger partial charge in [-0.15, -0.1) is 0 Å². The zero-order chi connectivity index (χ0) is 12.8. The Morgan fingerprint density at radius 2 is 2.22 bits per heavy atom. The summed E-state index contributed by atoms with van der Waals surface area (Å²) >= 11 is 0. The average molecular weight is 245 g/mol. The van der Waals surface area contributed by atoms with Gasteiger partial charge in [-0.25, -0.2) is 4.98 Å². The number of nitrogen functional groups attached to an aromatic ring is 1. The van der Waals surface area contributed by atoms with E-state index in [4.69, 9.17) is 16.2 Å². The molecule has 3 rings (SSSR count). The van der Waals surface area contributed by atoms with Crippen LogP contribution in [0.25, 0.3) is 6.08 Å². The second-order valence-corrected chi connectivity index (χ2v) is 5.99. The second-order valence-electron chi connectivity index (χ2n) is 5.99. The summed E-state index contributed by atoms with van der Waals surface area (Å²) in [4.78, 5) is 4.11. The molecule has 0 saturated carbocycles. The molecule has 1 atom stereocenters. The maximum absolute atomic E-state index is 6.52. The van der Waals surface area contributed by atoms with E-state index >= 15 is 0 Å². The minimum absolute atomic E-state index is 0.217. The molecule has 1 aromatic rings. The van der Waals surface area contributed by atoms with Gasteiger partial charge in [0.1, 0.15) is 5.82 Å². The molecule has 0 aromatic carbocycles. The zero-order valence-corrected chi connectivity index (χ0v) is 10.6. The smallest absolute Gasteiger partial charge is 0.130 e. The van der Waals surface area contributed by atoms with Gasteiger partial charge in [0.25, 0.3) is 0 Å². The monoisotopic (exact) mass is 245 g/mol. The maximum Gasteiger partial charge on any atom is 0.130 e. The molecule has 4 nitrogen and oxygen atoms in total. The van der Waals surface area contributed by atoms with Crippen molar-refractivity contribution in [3.8, 4) is 0 Å². The van der Waals surface area contributed by atoms with Crippen LogP contribution in [0.5, 0.6) is 0 Å². The third-order valence-electron chi connectivity index (χ3n) is 3.87. The fourth-order valence-electron chi connectivity index (χ4n) is 3.01. The van der Waals surface area contributed by atoms with E-state index in [0.29, 0.717) is 5.82 Å². The van der Waals surface area contributed by atoms with Gasteiger partial charge in [-0.2, -0.15) is 0 Å². The van der Waals surface area contributed by atoms with Crippen LogP contribution in [0.1, 0.15) is 24.5 Å². The topological polar surface area (TPSA) is 74.2 Å². The lowest BCUT2D eigenvalue weighted by Gasteiger charge is -2.44. The molecule has 1 saturated heterocycles. The highest BCUT2D eigenvalue weighted by Gasteiger charge is 2.41. The first kappa shape index (κ1) is 11.7. The summed E-state index contributed by atoms with van der Waals surface area (Å²) in [5.41, 5.74) is 14.5. The molecule has 0 bridgehead atoms. The van der Waals surface area contributed by atoms with E-state index in [1.165, 1.54) is 5.56 Å². The number of aromatic nitrogens is 1. The Labute approximate surface area is 107 Å². The zero-order valence-electron chi connectivity index (χ0n) is 10.6. The van der Waals surface area contributed by atoms with Crippen LogP contribution in [0, 0.1) is 5.41 Å². The standard InChI is InChI=1S/C14H19N3O/c1-13(8-18-9-13)7-14(16)4-2-11-10(6-14)3-5-17-12(11)15/h2-5H,6-9,16H2,1H3,(H2,15,17). The Hall–Kier alpha value is -1.39. The molecule has 4 N–H and O–H groups in total. The van der Waals surface area contributed by atoms with E-state index in [1.807, 2.05) is 12.1 Å². The summed E-state index contributed by atoms with van der Waals surface area (Å²) < 4.78 is 5.30. The normalized spacial score (nSPS) is 28.6. The Balaban J connectivity index is 1.86. The van der Waals surface area contributed by atoms with Crippen LogP contribution in [0.3, 0.4) is 0 Å². The molecule has 1 fully saturated rings. The van der Waals surface area contributed by atoms with Crippen molar-refractivity contribution in [2.45, 2.75) is 25.3 Å². The van der Waals surface area contributed by atoms with Crippen LogP contribution in [0.15, 0.2) is 18.3 Å². The summed E-state index contributed by atoms with van der Waals surface area (Å²) in [7, 11) is 0. The molecular formula is C14H19N3O. The van der Waals surface area contributed by atoms with Crippen LogP contribution in [-0.4, -0.2) is 23.7 Å². The highest BCUT2D eigenvalue weighted by molar-refractivity contribution is 5.67. The van der Waals surface area contributed by atoms with Crippen LogP contribution in [-0.2, 0) is 11.2 Å². The number of ether oxygens (including phenoxy) is 1. The molecule has 1 aliphatic heterocycles. The van der Waals surface area contributed by atoms with E-state index in [-0.39, 0.29) is 11.0 Å². The minimum Gasteiger partial charge on any atom is -0.383 e. The molecule has 4 heteroatoms. The predicted octanol–water partition coefficient (Wildman–Crippen LogP) is 1.36. The molecule has 0 radical (unpaired) electrons. The van der Waals surface area contributed by atoms with E-state index in [1.54, 1.807) is 6.20 Å². The summed E-state index contributed by atoms with van der Waals surface area (Å²) in [5, 5.41) is 0. The van der Waals surface area contributed by atoms with Crippen molar-refractivity contribution < 1.29 is 4.74 Å². The van der Waals surface area contributed by atoms with Gasteiger partial charge in [-0.05, 0) is 24.5 Å². The number of anilines is 1. The Morgan fingerprint density at radius 1 is 1.44 bits per heavy atom. The van der Waals surface area contributed by atoms with Crippen LogP contribution in [0.4, 0.5) is 5.82 Å². The number of rotatable bonds is 2. The largest absolute Gasteiger partial charge is 0.383 e. The molecule has 1 aromatic heterocycles. The van der Waals surface area contributed by atoms with E-state index in [9.17, 15) is 0 Å². The summed E-state index contributed by atoms with van der Waals surface area (Å²) in [6, 6.07) is 2.01. The van der Waals surface area contributed by atoms with Crippen LogP contribution < -0.4 is 11.5 Å². The molecule has 0 spiro atoms. The highest BCUT2D eigenvalue weighted by atomic mass is 16.5. The first-order chi connectivity index (χ1) is 8.50. The Kier molecular flexibility index (Phi) is 2.47. The SMILES string of the molecule is CC1(CC2(N)C=Cc3c(ccnc3N)C2)COC1. The van der Waals surface area contributed by atoms with Crippen LogP contribution >= 0.6 is 0 Å². The molecule has 18 heavy (non-hydrogen) atoms. The molecule has 0 amide bonds. The van der Waals surface area contributed by atoms with Gasteiger partial charge < -0.3 is 16.2 Å². The average Bonchev–Trinajstić information content (AvgIpc) is 2.26. The molecule has 1 unspecified atom stereocenters. The molecule has 2 heterocycles. The lowest BCUT2D eigenvalue weighted by molar-refractivity contribution is -0.112. The van der Waals surface area contributed by atoms with Gasteiger partial charge >= 0.3 is 0 Å². The van der Waals surface area contributed by atoms with E-state index in [0.717, 1.165) is 31.6 Å². The van der Waals surface area contributed by atoms with Crippen molar-refractivity contribution in [2.75, 3.05) is 18.9 Å². The van der Waals surface area contributed by atoms with Gasteiger partial charge in [0.05, 0.1) is 13.2 Å². The van der Waals surface area contributed by atoms with Crippen molar-refractivity contribution in [3.05, 3.63) is 29.5 Å². The van der Waals surface area contributed by atoms with Crippen molar-refractivity contribution in [2.24, 2.45) is 11.1 Å². The first-order valence-corrected chi connectivity index (χ1v) is 6.29. The van der Waals surface area contributed by atoms with Gasteiger partial charge in [-0.3, -0.25) is 0 Å². The molecular weight excluding hydrogens is 226 g/mol. The minimum atomic E-state index is -0.292. The fraction of sp³-hybridized carbons (Fsp3) is 0.500. The lowest BCUT2D eigenvalue weighted by Crippen LogP contribution is -2.51. The Bertz CT molecular complexity index is 508. The van der Waals surface area contributed by atoms with Gasteiger partial charge in [-0.1, -0.05) is 19.1 Å². The number of nitrogens with two attached hydrogens (primary N) is 2. The quantitative estimate of drug-likeness (QED) is 0.825. The number of hydrogen-bond acceptors (Lipinski definition) is 4. The van der Waals surface area contributed by atoms with E-state index < -0.39 is 0 Å². The van der Waals surface area contributed by atoms with Gasteiger partial charge in [0.15, 0.2) is 0 Å². The number of nitrogens with zero attached hydrogens (tertiary/aromatic N) is 1. The van der Waals surface area contributed by atoms with Gasteiger partial charge in [0, 0.05) is 22.7 Å². The second kappa shape index (κ2) is 3.80. The summed E-state index contributed by atoms with van der Waals surface area (Å²) in [5.74, 6) is 0.587. The Morgan fingerprint density at radius 3 is 2.89 bits per heavy atom. The van der Waals surface area contributed by atoms with Crippen molar-refractivity contribution in [3.63, 3.8) is 0 Å². The number of pyridine rings is 1. The van der Waals surface area contributed by atoms with Gasteiger partial charge in [0.2, 0.25) is 0 Å². The first-order valence-electron chi connectivity index (χ1n) is 6.29.